The summed E-state index contributed by atoms with van der Waals surface area (Å²) in [7, 11) is -5.69. The lowest BCUT2D eigenvalue weighted by molar-refractivity contribution is 0.0746. The fraction of sp³-hybridized carbons (Fsp3) is 0.619. The molecule has 28 heavy (non-hydrogen) atoms. The van der Waals surface area contributed by atoms with E-state index >= 15 is 0 Å². The van der Waals surface area contributed by atoms with Crippen LogP contribution in [0, 0.1) is 12.8 Å². The van der Waals surface area contributed by atoms with Crippen LogP contribution in [0.2, 0.25) is 18.1 Å². The highest BCUT2D eigenvalue weighted by atomic mass is 32.2. The van der Waals surface area contributed by atoms with E-state index in [0.29, 0.717) is 13.0 Å². The Balaban J connectivity index is 2.61. The Morgan fingerprint density at radius 1 is 1.18 bits per heavy atom. The first-order chi connectivity index (χ1) is 12.8. The van der Waals surface area contributed by atoms with Crippen molar-refractivity contribution in [1.82, 2.24) is 0 Å². The molecule has 0 aliphatic heterocycles. The normalized spacial score (nSPS) is 15.7. The standard InChI is InChI=1S/C21H36O5SSi/c1-8-18(10-9-15-26-28(6,7)21(3,4)5)20(22)16-25-27(23,24)19-13-11-17(2)12-14-19/h9-14,18,20,22H,8,15-16H2,1-7H3/b10-9-/t18-,20-/m1/s1. The van der Waals surface area contributed by atoms with Gasteiger partial charge in [0.05, 0.1) is 24.2 Å². The lowest BCUT2D eigenvalue weighted by Crippen LogP contribution is -2.40. The average Bonchev–Trinajstić information content (AvgIpc) is 2.59. The third-order valence-corrected chi connectivity index (χ3v) is 11.2. The smallest absolute Gasteiger partial charge is 0.297 e. The summed E-state index contributed by atoms with van der Waals surface area (Å²) in [5.41, 5.74) is 0.968. The molecule has 7 heteroatoms. The lowest BCUT2D eigenvalue weighted by atomic mass is 10.00. The third-order valence-electron chi connectivity index (χ3n) is 5.40. The summed E-state index contributed by atoms with van der Waals surface area (Å²) in [4.78, 5) is 0.0941. The second-order valence-corrected chi connectivity index (χ2v) is 15.1. The summed E-state index contributed by atoms with van der Waals surface area (Å²) in [6.07, 6.45) is 3.56. The highest BCUT2D eigenvalue weighted by Gasteiger charge is 2.36. The Kier molecular flexibility index (Phi) is 9.09. The van der Waals surface area contributed by atoms with Crippen molar-refractivity contribution < 1.29 is 22.1 Å². The molecule has 1 aromatic carbocycles. The molecule has 0 bridgehead atoms. The molecule has 0 unspecified atom stereocenters. The van der Waals surface area contributed by atoms with Gasteiger partial charge in [0, 0.05) is 5.92 Å². The van der Waals surface area contributed by atoms with Crippen LogP contribution in [0.1, 0.15) is 39.7 Å². The van der Waals surface area contributed by atoms with Gasteiger partial charge in [-0.25, -0.2) is 0 Å². The Labute approximate surface area is 172 Å². The Bertz CT molecular complexity index is 733. The summed E-state index contributed by atoms with van der Waals surface area (Å²) in [5.74, 6) is -0.198. The fourth-order valence-corrected chi connectivity index (χ4v) is 4.17. The molecule has 1 rings (SSSR count). The predicted octanol–water partition coefficient (Wildman–Crippen LogP) is 4.67. The largest absolute Gasteiger partial charge is 0.413 e. The van der Waals surface area contributed by atoms with Gasteiger partial charge in [0.1, 0.15) is 0 Å². The fourth-order valence-electron chi connectivity index (χ4n) is 2.30. The zero-order valence-corrected chi connectivity index (χ0v) is 20.0. The highest BCUT2D eigenvalue weighted by molar-refractivity contribution is 7.86. The van der Waals surface area contributed by atoms with Crippen LogP contribution in [0.25, 0.3) is 0 Å². The van der Waals surface area contributed by atoms with E-state index in [1.165, 1.54) is 12.1 Å². The van der Waals surface area contributed by atoms with Crippen LogP contribution in [-0.4, -0.2) is 41.2 Å². The number of benzene rings is 1. The van der Waals surface area contributed by atoms with Crippen LogP contribution in [-0.2, 0) is 18.7 Å². The molecular formula is C21H36O5SSi. The monoisotopic (exact) mass is 428 g/mol. The summed E-state index contributed by atoms with van der Waals surface area (Å²) in [5, 5.41) is 10.5. The van der Waals surface area contributed by atoms with Gasteiger partial charge in [-0.3, -0.25) is 4.18 Å². The van der Waals surface area contributed by atoms with Gasteiger partial charge in [0.25, 0.3) is 10.1 Å². The molecule has 1 aromatic rings. The molecular weight excluding hydrogens is 392 g/mol. The Hall–Kier alpha value is -0.993. The zero-order chi connectivity index (χ0) is 21.6. The van der Waals surface area contributed by atoms with E-state index in [0.717, 1.165) is 5.56 Å². The van der Waals surface area contributed by atoms with Crippen LogP contribution in [0.5, 0.6) is 0 Å². The first-order valence-electron chi connectivity index (χ1n) is 9.75. The molecule has 0 aliphatic carbocycles. The van der Waals surface area contributed by atoms with Crippen molar-refractivity contribution in [2.24, 2.45) is 5.92 Å². The van der Waals surface area contributed by atoms with Crippen LogP contribution < -0.4 is 0 Å². The maximum atomic E-state index is 12.3. The molecule has 0 fully saturated rings. The van der Waals surface area contributed by atoms with Crippen molar-refractivity contribution in [2.75, 3.05) is 13.2 Å². The van der Waals surface area contributed by atoms with Gasteiger partial charge in [-0.2, -0.15) is 8.42 Å². The van der Waals surface area contributed by atoms with Crippen molar-refractivity contribution in [1.29, 1.82) is 0 Å². The topological polar surface area (TPSA) is 72.8 Å². The van der Waals surface area contributed by atoms with Crippen molar-refractivity contribution >= 4 is 18.4 Å². The maximum absolute atomic E-state index is 12.3. The van der Waals surface area contributed by atoms with E-state index in [4.69, 9.17) is 8.61 Å². The minimum Gasteiger partial charge on any atom is -0.413 e. The van der Waals surface area contributed by atoms with Crippen LogP contribution in [0.4, 0.5) is 0 Å². The van der Waals surface area contributed by atoms with Gasteiger partial charge in [0.2, 0.25) is 0 Å². The van der Waals surface area contributed by atoms with Crippen LogP contribution in [0.3, 0.4) is 0 Å². The molecule has 0 spiro atoms. The van der Waals surface area contributed by atoms with E-state index in [1.54, 1.807) is 12.1 Å². The van der Waals surface area contributed by atoms with Crippen molar-refractivity contribution in [3.05, 3.63) is 42.0 Å². The quantitative estimate of drug-likeness (QED) is 0.333. The van der Waals surface area contributed by atoms with E-state index in [1.807, 2.05) is 26.0 Å². The Morgan fingerprint density at radius 3 is 2.25 bits per heavy atom. The SMILES string of the molecule is CC[C@H](/C=C\CO[Si](C)(C)C(C)(C)C)[C@H](O)COS(=O)(=O)c1ccc(C)cc1. The van der Waals surface area contributed by atoms with Gasteiger partial charge >= 0.3 is 0 Å². The van der Waals surface area contributed by atoms with Crippen LogP contribution in [0.15, 0.2) is 41.3 Å². The van der Waals surface area contributed by atoms with E-state index in [2.05, 4.69) is 33.9 Å². The number of hydrogen-bond donors (Lipinski definition) is 1. The zero-order valence-electron chi connectivity index (χ0n) is 18.2. The highest BCUT2D eigenvalue weighted by Crippen LogP contribution is 2.36. The van der Waals surface area contributed by atoms with Crippen LogP contribution >= 0.6 is 0 Å². The summed E-state index contributed by atoms with van der Waals surface area (Å²) >= 11 is 0. The summed E-state index contributed by atoms with van der Waals surface area (Å²) in [6.45, 7) is 15.0. The Morgan fingerprint density at radius 2 is 1.75 bits per heavy atom. The first-order valence-corrected chi connectivity index (χ1v) is 14.1. The summed E-state index contributed by atoms with van der Waals surface area (Å²) in [6, 6.07) is 6.44. The van der Waals surface area contributed by atoms with Gasteiger partial charge in [-0.05, 0) is 43.6 Å². The second kappa shape index (κ2) is 10.2. The molecule has 0 radical (unpaired) electrons. The molecule has 0 aromatic heterocycles. The van der Waals surface area contributed by atoms with E-state index < -0.39 is 24.5 Å². The van der Waals surface area contributed by atoms with Crippen molar-refractivity contribution in [3.63, 3.8) is 0 Å². The van der Waals surface area contributed by atoms with Gasteiger partial charge in [-0.1, -0.05) is 57.5 Å². The van der Waals surface area contributed by atoms with Crippen molar-refractivity contribution in [2.45, 2.75) is 70.2 Å². The number of aliphatic hydroxyl groups excluding tert-OH is 1. The van der Waals surface area contributed by atoms with Crippen molar-refractivity contribution in [3.8, 4) is 0 Å². The molecule has 0 amide bonds. The number of aliphatic hydroxyl groups is 1. The minimum absolute atomic E-state index is 0.0941. The number of rotatable bonds is 10. The second-order valence-electron chi connectivity index (χ2n) is 8.69. The molecule has 0 saturated carbocycles. The lowest BCUT2D eigenvalue weighted by Gasteiger charge is -2.35. The van der Waals surface area contributed by atoms with Gasteiger partial charge < -0.3 is 9.53 Å². The molecule has 1 N–H and O–H groups in total. The van der Waals surface area contributed by atoms with E-state index in [9.17, 15) is 13.5 Å². The predicted molar refractivity (Wildman–Crippen MR) is 116 cm³/mol. The third kappa shape index (κ3) is 7.44. The molecule has 2 atom stereocenters. The maximum Gasteiger partial charge on any atom is 0.297 e. The van der Waals surface area contributed by atoms with E-state index in [-0.39, 0.29) is 22.5 Å². The average molecular weight is 429 g/mol. The number of hydrogen-bond acceptors (Lipinski definition) is 5. The molecule has 0 aliphatic rings. The minimum atomic E-state index is -3.88. The molecule has 0 saturated heterocycles. The molecule has 5 nitrogen and oxygen atoms in total. The van der Waals surface area contributed by atoms with Gasteiger partial charge in [0.15, 0.2) is 8.32 Å². The summed E-state index contributed by atoms with van der Waals surface area (Å²) < 4.78 is 35.7. The number of aryl methyl sites for hydroxylation is 1. The molecule has 0 heterocycles. The first kappa shape index (κ1) is 25.0. The molecule has 160 valence electrons. The van der Waals surface area contributed by atoms with Gasteiger partial charge in [-0.15, -0.1) is 0 Å².